The van der Waals surface area contributed by atoms with Crippen LogP contribution in [0.3, 0.4) is 0 Å². The van der Waals surface area contributed by atoms with Crippen molar-refractivity contribution in [2.75, 3.05) is 39.3 Å². The van der Waals surface area contributed by atoms with E-state index in [0.29, 0.717) is 17.6 Å². The van der Waals surface area contributed by atoms with E-state index < -0.39 is 0 Å². The van der Waals surface area contributed by atoms with Gasteiger partial charge in [-0.25, -0.2) is 4.98 Å². The number of amides is 1. The molecule has 3 atom stereocenters. The lowest BCUT2D eigenvalue weighted by Gasteiger charge is -2.38. The first-order chi connectivity index (χ1) is 14.5. The fraction of sp³-hybridized carbons (Fsp3) is 0.652. The Hall–Kier alpha value is -1.63. The summed E-state index contributed by atoms with van der Waals surface area (Å²) in [5, 5.41) is 3.96. The van der Waals surface area contributed by atoms with Crippen molar-refractivity contribution in [3.8, 4) is 0 Å². The maximum Gasteiger partial charge on any atom is 0.223 e. The third-order valence-corrected chi connectivity index (χ3v) is 7.20. The first kappa shape index (κ1) is 21.6. The van der Waals surface area contributed by atoms with Gasteiger partial charge >= 0.3 is 0 Å². The van der Waals surface area contributed by atoms with E-state index in [2.05, 4.69) is 33.9 Å². The Morgan fingerprint density at radius 3 is 2.80 bits per heavy atom. The summed E-state index contributed by atoms with van der Waals surface area (Å²) in [5.41, 5.74) is 1.86. The number of nitrogens with zero attached hydrogens (tertiary/aromatic N) is 3. The van der Waals surface area contributed by atoms with Crippen molar-refractivity contribution in [1.29, 1.82) is 0 Å². The van der Waals surface area contributed by atoms with Gasteiger partial charge in [-0.05, 0) is 44.5 Å². The molecule has 1 saturated heterocycles. The number of benzene rings is 1. The lowest BCUT2D eigenvalue weighted by molar-refractivity contribution is -0.126. The smallest absolute Gasteiger partial charge is 0.223 e. The highest BCUT2D eigenvalue weighted by Gasteiger charge is 2.34. The molecule has 2 aliphatic rings. The summed E-state index contributed by atoms with van der Waals surface area (Å²) >= 11 is 6.13. The van der Waals surface area contributed by atoms with Crippen molar-refractivity contribution in [3.63, 3.8) is 0 Å². The Morgan fingerprint density at radius 2 is 2.03 bits per heavy atom. The summed E-state index contributed by atoms with van der Waals surface area (Å²) in [5.74, 6) is 1.24. The van der Waals surface area contributed by atoms with Gasteiger partial charge in [-0.2, -0.15) is 0 Å². The Bertz CT molecular complexity index is 860. The molecule has 0 radical (unpaired) electrons. The van der Waals surface area contributed by atoms with E-state index in [1.165, 1.54) is 0 Å². The second-order valence-corrected chi connectivity index (χ2v) is 9.28. The predicted octanol–water partition coefficient (Wildman–Crippen LogP) is 3.63. The molecule has 7 heteroatoms. The second-order valence-electron chi connectivity index (χ2n) is 8.85. The van der Waals surface area contributed by atoms with E-state index in [0.717, 1.165) is 75.3 Å². The Morgan fingerprint density at radius 1 is 1.27 bits per heavy atom. The van der Waals surface area contributed by atoms with E-state index in [-0.39, 0.29) is 17.7 Å². The number of hydrogen-bond acceptors (Lipinski definition) is 4. The number of piperazine rings is 1. The van der Waals surface area contributed by atoms with Gasteiger partial charge in [0.25, 0.3) is 0 Å². The number of imidazole rings is 1. The van der Waals surface area contributed by atoms with Crippen LogP contribution in [0.5, 0.6) is 0 Å². The average molecular weight is 432 g/mol. The number of fused-ring (bicyclic) bond motifs is 1. The number of aromatic amines is 1. The minimum absolute atomic E-state index is 0.0149. The van der Waals surface area contributed by atoms with E-state index in [1.54, 1.807) is 0 Å². The lowest BCUT2D eigenvalue weighted by Crippen LogP contribution is -2.52. The molecule has 1 amide bonds. The van der Waals surface area contributed by atoms with Crippen LogP contribution in [0.1, 0.15) is 51.3 Å². The van der Waals surface area contributed by atoms with Crippen LogP contribution in [0.15, 0.2) is 18.2 Å². The van der Waals surface area contributed by atoms with Crippen molar-refractivity contribution in [1.82, 2.24) is 25.1 Å². The topological polar surface area (TPSA) is 64.3 Å². The van der Waals surface area contributed by atoms with Gasteiger partial charge in [-0.15, -0.1) is 0 Å². The van der Waals surface area contributed by atoms with Crippen LogP contribution in [0.4, 0.5) is 0 Å². The lowest BCUT2D eigenvalue weighted by atomic mass is 9.78. The average Bonchev–Trinajstić information content (AvgIpc) is 3.20. The van der Waals surface area contributed by atoms with Crippen molar-refractivity contribution >= 4 is 28.5 Å². The molecule has 1 aromatic carbocycles. The molecular weight excluding hydrogens is 398 g/mol. The highest BCUT2D eigenvalue weighted by atomic mass is 35.5. The number of nitrogens with one attached hydrogen (secondary N) is 2. The summed E-state index contributed by atoms with van der Waals surface area (Å²) in [6.07, 6.45) is 4.18. The van der Waals surface area contributed by atoms with Gasteiger partial charge in [0.1, 0.15) is 5.82 Å². The molecule has 2 aromatic rings. The maximum atomic E-state index is 13.1. The molecule has 1 aromatic heterocycles. The summed E-state index contributed by atoms with van der Waals surface area (Å²) in [4.78, 5) is 26.3. The molecule has 30 heavy (non-hydrogen) atoms. The number of carbonyl (C=O) groups is 1. The zero-order valence-corrected chi connectivity index (χ0v) is 18.9. The van der Waals surface area contributed by atoms with Crippen LogP contribution in [-0.2, 0) is 4.79 Å². The Balaban J connectivity index is 1.38. The summed E-state index contributed by atoms with van der Waals surface area (Å²) < 4.78 is 0. The normalized spacial score (nSPS) is 24.8. The second kappa shape index (κ2) is 9.67. The maximum absolute atomic E-state index is 13.1. The molecule has 6 nitrogen and oxygen atoms in total. The van der Waals surface area contributed by atoms with E-state index in [1.807, 2.05) is 18.2 Å². The zero-order valence-electron chi connectivity index (χ0n) is 18.2. The fourth-order valence-electron chi connectivity index (χ4n) is 4.98. The van der Waals surface area contributed by atoms with Gasteiger partial charge in [0.15, 0.2) is 0 Å². The largest absolute Gasteiger partial charge is 0.354 e. The molecular formula is C23H34ClN5O. The number of H-pyrrole nitrogens is 1. The van der Waals surface area contributed by atoms with Crippen molar-refractivity contribution in [3.05, 3.63) is 29.0 Å². The SMILES string of the molecule is CCN1CCN([C@H](C)CNC(=O)[C@H]2CCCC[C@H]2c2nc3ccc(Cl)cc3[nH]2)CC1. The van der Waals surface area contributed by atoms with Crippen LogP contribution >= 0.6 is 11.6 Å². The highest BCUT2D eigenvalue weighted by molar-refractivity contribution is 6.31. The van der Waals surface area contributed by atoms with Crippen molar-refractivity contribution in [2.45, 2.75) is 51.5 Å². The van der Waals surface area contributed by atoms with Gasteiger partial charge < -0.3 is 15.2 Å². The van der Waals surface area contributed by atoms with E-state index >= 15 is 0 Å². The zero-order chi connectivity index (χ0) is 21.1. The molecule has 4 rings (SSSR count). The third kappa shape index (κ3) is 4.82. The molecule has 0 spiro atoms. The van der Waals surface area contributed by atoms with Gasteiger partial charge in [0.05, 0.1) is 11.0 Å². The number of likely N-dealkylation sites (N-methyl/N-ethyl adjacent to an activating group) is 1. The Kier molecular flexibility index (Phi) is 6.96. The summed E-state index contributed by atoms with van der Waals surface area (Å²) in [6.45, 7) is 10.7. The van der Waals surface area contributed by atoms with Crippen LogP contribution in [0.2, 0.25) is 5.02 Å². The van der Waals surface area contributed by atoms with Gasteiger partial charge in [0.2, 0.25) is 5.91 Å². The molecule has 164 valence electrons. The molecule has 2 fully saturated rings. The van der Waals surface area contributed by atoms with Crippen LogP contribution < -0.4 is 5.32 Å². The molecule has 1 saturated carbocycles. The molecule has 2 N–H and O–H groups in total. The molecule has 2 heterocycles. The summed E-state index contributed by atoms with van der Waals surface area (Å²) in [7, 11) is 0. The quantitative estimate of drug-likeness (QED) is 0.733. The van der Waals surface area contributed by atoms with Gasteiger partial charge in [-0.3, -0.25) is 9.69 Å². The monoisotopic (exact) mass is 431 g/mol. The molecule has 0 unspecified atom stereocenters. The predicted molar refractivity (Wildman–Crippen MR) is 122 cm³/mol. The minimum Gasteiger partial charge on any atom is -0.354 e. The van der Waals surface area contributed by atoms with Crippen molar-refractivity contribution < 1.29 is 4.79 Å². The van der Waals surface area contributed by atoms with Crippen LogP contribution in [0, 0.1) is 5.92 Å². The third-order valence-electron chi connectivity index (χ3n) is 6.97. The van der Waals surface area contributed by atoms with Crippen molar-refractivity contribution in [2.24, 2.45) is 5.92 Å². The Labute approximate surface area is 184 Å². The first-order valence-electron chi connectivity index (χ1n) is 11.4. The standard InChI is InChI=1S/C23H34ClN5O/c1-3-28-10-12-29(13-11-28)16(2)15-25-23(30)19-7-5-4-6-18(19)22-26-20-9-8-17(24)14-21(20)27-22/h8-9,14,16,18-19H,3-7,10-13,15H2,1-2H3,(H,25,30)(H,26,27)/t16-,18-,19+/m1/s1. The van der Waals surface area contributed by atoms with Crippen LogP contribution in [0.25, 0.3) is 11.0 Å². The number of rotatable bonds is 6. The summed E-state index contributed by atoms with van der Waals surface area (Å²) in [6, 6.07) is 6.07. The number of aromatic nitrogens is 2. The first-order valence-corrected chi connectivity index (χ1v) is 11.8. The number of carbonyl (C=O) groups excluding carboxylic acids is 1. The minimum atomic E-state index is -0.0149. The van der Waals surface area contributed by atoms with Gasteiger partial charge in [-0.1, -0.05) is 31.4 Å². The highest BCUT2D eigenvalue weighted by Crippen LogP contribution is 2.37. The van der Waals surface area contributed by atoms with E-state index in [4.69, 9.17) is 16.6 Å². The number of halogens is 1. The van der Waals surface area contributed by atoms with E-state index in [9.17, 15) is 4.79 Å². The molecule has 1 aliphatic carbocycles. The fourth-order valence-corrected chi connectivity index (χ4v) is 5.15. The molecule has 0 bridgehead atoms. The van der Waals surface area contributed by atoms with Crippen LogP contribution in [-0.4, -0.2) is 71.0 Å². The van der Waals surface area contributed by atoms with Gasteiger partial charge in [0, 0.05) is 55.6 Å². The molecule has 1 aliphatic heterocycles. The number of hydrogen-bond donors (Lipinski definition) is 2.